The Bertz CT molecular complexity index is 839. The average Bonchev–Trinajstić information content (AvgIpc) is 2.66. The molecule has 2 atom stereocenters. The maximum atomic E-state index is 12.7. The van der Waals surface area contributed by atoms with Crippen molar-refractivity contribution in [3.8, 4) is 6.07 Å². The SMILES string of the molecule is CC(NC(=O)C(NC(=O)c1ccc(Cl)cc1)C(C)C)c1ccc(C#N)cc1. The topological polar surface area (TPSA) is 82.0 Å². The van der Waals surface area contributed by atoms with Gasteiger partial charge in [-0.2, -0.15) is 5.26 Å². The second-order valence-corrected chi connectivity index (χ2v) is 7.10. The van der Waals surface area contributed by atoms with Crippen LogP contribution in [-0.2, 0) is 4.79 Å². The van der Waals surface area contributed by atoms with Crippen LogP contribution in [0.2, 0.25) is 5.02 Å². The Morgan fingerprint density at radius 2 is 1.56 bits per heavy atom. The number of halogens is 1. The molecule has 2 amide bonds. The van der Waals surface area contributed by atoms with Crippen molar-refractivity contribution in [3.05, 3.63) is 70.2 Å². The molecule has 140 valence electrons. The van der Waals surface area contributed by atoms with Gasteiger partial charge in [0.2, 0.25) is 5.91 Å². The molecule has 0 heterocycles. The third kappa shape index (κ3) is 5.57. The summed E-state index contributed by atoms with van der Waals surface area (Å²) in [6.07, 6.45) is 0. The van der Waals surface area contributed by atoms with Crippen molar-refractivity contribution in [3.63, 3.8) is 0 Å². The second-order valence-electron chi connectivity index (χ2n) is 6.67. The number of carbonyl (C=O) groups excluding carboxylic acids is 2. The maximum Gasteiger partial charge on any atom is 0.251 e. The minimum Gasteiger partial charge on any atom is -0.348 e. The molecule has 0 radical (unpaired) electrons. The fourth-order valence-electron chi connectivity index (χ4n) is 2.59. The molecule has 2 N–H and O–H groups in total. The lowest BCUT2D eigenvalue weighted by molar-refractivity contribution is -0.124. The Kier molecular flexibility index (Phi) is 6.98. The minimum absolute atomic E-state index is 0.0885. The van der Waals surface area contributed by atoms with Crippen LogP contribution in [0, 0.1) is 17.2 Å². The zero-order valence-corrected chi connectivity index (χ0v) is 16.2. The summed E-state index contributed by atoms with van der Waals surface area (Å²) < 4.78 is 0. The van der Waals surface area contributed by atoms with Crippen LogP contribution in [0.5, 0.6) is 0 Å². The van der Waals surface area contributed by atoms with Gasteiger partial charge in [0.1, 0.15) is 6.04 Å². The van der Waals surface area contributed by atoms with Crippen LogP contribution in [0.4, 0.5) is 0 Å². The number of nitrogens with one attached hydrogen (secondary N) is 2. The highest BCUT2D eigenvalue weighted by Crippen LogP contribution is 2.15. The van der Waals surface area contributed by atoms with E-state index in [1.807, 2.05) is 20.8 Å². The predicted molar refractivity (Wildman–Crippen MR) is 105 cm³/mol. The van der Waals surface area contributed by atoms with Crippen molar-refractivity contribution in [1.29, 1.82) is 5.26 Å². The van der Waals surface area contributed by atoms with Crippen LogP contribution < -0.4 is 10.6 Å². The summed E-state index contributed by atoms with van der Waals surface area (Å²) in [6.45, 7) is 5.61. The Labute approximate surface area is 164 Å². The molecule has 0 saturated carbocycles. The molecule has 0 bridgehead atoms. The Morgan fingerprint density at radius 3 is 2.07 bits per heavy atom. The molecule has 2 rings (SSSR count). The van der Waals surface area contributed by atoms with E-state index in [1.54, 1.807) is 48.5 Å². The van der Waals surface area contributed by atoms with Crippen molar-refractivity contribution >= 4 is 23.4 Å². The van der Waals surface area contributed by atoms with Crippen LogP contribution in [-0.4, -0.2) is 17.9 Å². The molecule has 2 aromatic rings. The van der Waals surface area contributed by atoms with Crippen LogP contribution in [0.25, 0.3) is 0 Å². The first-order valence-electron chi connectivity index (χ1n) is 8.68. The molecule has 0 aliphatic heterocycles. The molecule has 0 fully saturated rings. The summed E-state index contributed by atoms with van der Waals surface area (Å²) in [5, 5.41) is 15.1. The van der Waals surface area contributed by atoms with E-state index in [0.717, 1.165) is 5.56 Å². The van der Waals surface area contributed by atoms with Gasteiger partial charge in [-0.1, -0.05) is 37.6 Å². The number of nitrogens with zero attached hydrogens (tertiary/aromatic N) is 1. The summed E-state index contributed by atoms with van der Waals surface area (Å²) in [5.41, 5.74) is 1.89. The number of benzene rings is 2. The second kappa shape index (κ2) is 9.20. The van der Waals surface area contributed by atoms with Crippen LogP contribution in [0.3, 0.4) is 0 Å². The van der Waals surface area contributed by atoms with E-state index in [4.69, 9.17) is 16.9 Å². The summed E-state index contributed by atoms with van der Waals surface area (Å²) in [4.78, 5) is 25.1. The van der Waals surface area contributed by atoms with Gasteiger partial charge < -0.3 is 10.6 Å². The maximum absolute atomic E-state index is 12.7. The number of hydrogen-bond acceptors (Lipinski definition) is 3. The van der Waals surface area contributed by atoms with Crippen LogP contribution in [0.1, 0.15) is 48.3 Å². The fourth-order valence-corrected chi connectivity index (χ4v) is 2.72. The summed E-state index contributed by atoms with van der Waals surface area (Å²) >= 11 is 5.84. The van der Waals surface area contributed by atoms with Crippen molar-refractivity contribution < 1.29 is 9.59 Å². The first-order chi connectivity index (χ1) is 12.8. The molecule has 0 spiro atoms. The number of hydrogen-bond donors (Lipinski definition) is 2. The third-order valence-corrected chi connectivity index (χ3v) is 4.49. The molecule has 0 aromatic heterocycles. The van der Waals surface area contributed by atoms with E-state index < -0.39 is 6.04 Å². The van der Waals surface area contributed by atoms with E-state index in [1.165, 1.54) is 0 Å². The predicted octanol–water partition coefficient (Wildman–Crippen LogP) is 3.84. The van der Waals surface area contributed by atoms with Gasteiger partial charge in [-0.05, 0) is 54.8 Å². The highest BCUT2D eigenvalue weighted by Gasteiger charge is 2.26. The number of nitriles is 1. The number of amides is 2. The molecule has 0 saturated heterocycles. The average molecular weight is 384 g/mol. The van der Waals surface area contributed by atoms with Gasteiger partial charge in [0.15, 0.2) is 0 Å². The van der Waals surface area contributed by atoms with Gasteiger partial charge in [-0.25, -0.2) is 0 Å². The molecule has 0 aliphatic carbocycles. The lowest BCUT2D eigenvalue weighted by atomic mass is 10.0. The smallest absolute Gasteiger partial charge is 0.251 e. The highest BCUT2D eigenvalue weighted by molar-refractivity contribution is 6.30. The van der Waals surface area contributed by atoms with Crippen molar-refractivity contribution in [1.82, 2.24) is 10.6 Å². The molecule has 5 nitrogen and oxygen atoms in total. The zero-order valence-electron chi connectivity index (χ0n) is 15.5. The van der Waals surface area contributed by atoms with Crippen LogP contribution >= 0.6 is 11.6 Å². The highest BCUT2D eigenvalue weighted by atomic mass is 35.5. The lowest BCUT2D eigenvalue weighted by Crippen LogP contribution is -2.50. The monoisotopic (exact) mass is 383 g/mol. The first kappa shape index (κ1) is 20.5. The van der Waals surface area contributed by atoms with Crippen molar-refractivity contribution in [2.75, 3.05) is 0 Å². The van der Waals surface area contributed by atoms with E-state index >= 15 is 0 Å². The fraction of sp³-hybridized carbons (Fsp3) is 0.286. The van der Waals surface area contributed by atoms with Gasteiger partial charge in [0, 0.05) is 10.6 Å². The lowest BCUT2D eigenvalue weighted by Gasteiger charge is -2.24. The molecule has 27 heavy (non-hydrogen) atoms. The molecule has 2 unspecified atom stereocenters. The summed E-state index contributed by atoms with van der Waals surface area (Å²) in [6, 6.07) is 14.7. The Balaban J connectivity index is 2.06. The quantitative estimate of drug-likeness (QED) is 0.794. The normalized spacial score (nSPS) is 12.7. The van der Waals surface area contributed by atoms with Crippen LogP contribution in [0.15, 0.2) is 48.5 Å². The molecular weight excluding hydrogens is 362 g/mol. The molecule has 0 aliphatic rings. The van der Waals surface area contributed by atoms with E-state index in [-0.39, 0.29) is 23.8 Å². The standard InChI is InChI=1S/C21H22ClN3O2/c1-13(2)19(25-20(26)17-8-10-18(22)11-9-17)21(27)24-14(3)16-6-4-15(12-23)5-7-16/h4-11,13-14,19H,1-3H3,(H,24,27)(H,25,26). The van der Waals surface area contributed by atoms with Gasteiger partial charge in [-0.15, -0.1) is 0 Å². The van der Waals surface area contributed by atoms with Gasteiger partial charge in [0.05, 0.1) is 17.7 Å². The first-order valence-corrected chi connectivity index (χ1v) is 9.06. The van der Waals surface area contributed by atoms with E-state index in [0.29, 0.717) is 16.1 Å². The van der Waals surface area contributed by atoms with Gasteiger partial charge in [0.25, 0.3) is 5.91 Å². The van der Waals surface area contributed by atoms with E-state index in [2.05, 4.69) is 16.7 Å². The Morgan fingerprint density at radius 1 is 0.963 bits per heavy atom. The Hall–Kier alpha value is -2.84. The largest absolute Gasteiger partial charge is 0.348 e. The van der Waals surface area contributed by atoms with Gasteiger partial charge in [-0.3, -0.25) is 9.59 Å². The van der Waals surface area contributed by atoms with Gasteiger partial charge >= 0.3 is 0 Å². The summed E-state index contributed by atoms with van der Waals surface area (Å²) in [7, 11) is 0. The molecule has 6 heteroatoms. The zero-order chi connectivity index (χ0) is 20.0. The third-order valence-electron chi connectivity index (χ3n) is 4.24. The minimum atomic E-state index is -0.672. The number of rotatable bonds is 6. The van der Waals surface area contributed by atoms with E-state index in [9.17, 15) is 9.59 Å². The van der Waals surface area contributed by atoms with Crippen molar-refractivity contribution in [2.24, 2.45) is 5.92 Å². The number of carbonyl (C=O) groups is 2. The molecular formula is C21H22ClN3O2. The van der Waals surface area contributed by atoms with Crippen molar-refractivity contribution in [2.45, 2.75) is 32.9 Å². The molecule has 2 aromatic carbocycles. The summed E-state index contributed by atoms with van der Waals surface area (Å²) in [5.74, 6) is -0.676.